The molecule has 8 nitrogen and oxygen atoms in total. The molecule has 0 aliphatic carbocycles. The van der Waals surface area contributed by atoms with Gasteiger partial charge in [0.25, 0.3) is 0 Å². The van der Waals surface area contributed by atoms with Crippen molar-refractivity contribution in [2.75, 3.05) is 50.7 Å². The van der Waals surface area contributed by atoms with E-state index in [9.17, 15) is 4.79 Å². The van der Waals surface area contributed by atoms with E-state index in [1.807, 2.05) is 11.0 Å². The first kappa shape index (κ1) is 21.3. The van der Waals surface area contributed by atoms with E-state index in [4.69, 9.17) is 4.99 Å². The molecule has 1 aromatic rings. The number of rotatable bonds is 5. The van der Waals surface area contributed by atoms with Gasteiger partial charge in [0.15, 0.2) is 5.96 Å². The van der Waals surface area contributed by atoms with Crippen molar-refractivity contribution in [2.24, 2.45) is 10.4 Å². The number of carbonyl (C=O) groups excluding carboxylic acids is 1. The number of piperazine rings is 1. The van der Waals surface area contributed by atoms with Gasteiger partial charge in [-0.25, -0.2) is 9.97 Å². The minimum atomic E-state index is 0.0495. The van der Waals surface area contributed by atoms with Crippen molar-refractivity contribution in [1.29, 1.82) is 0 Å². The zero-order chi connectivity index (χ0) is 21.1. The number of aromatic nitrogens is 2. The summed E-state index contributed by atoms with van der Waals surface area (Å²) in [5.41, 5.74) is 0.301. The van der Waals surface area contributed by atoms with Crippen molar-refractivity contribution < 1.29 is 4.79 Å². The van der Waals surface area contributed by atoms with Crippen molar-refractivity contribution >= 4 is 17.8 Å². The number of hydrogen-bond donors (Lipinski definition) is 1. The van der Waals surface area contributed by atoms with Crippen molar-refractivity contribution in [3.8, 4) is 0 Å². The Kier molecular flexibility index (Phi) is 6.29. The molecule has 8 heteroatoms. The Morgan fingerprint density at radius 1 is 1.14 bits per heavy atom. The minimum Gasteiger partial charge on any atom is -0.356 e. The van der Waals surface area contributed by atoms with Gasteiger partial charge in [0.05, 0.1) is 6.54 Å². The van der Waals surface area contributed by atoms with E-state index in [0.717, 1.165) is 38.1 Å². The highest BCUT2D eigenvalue weighted by molar-refractivity contribution is 5.83. The molecule has 2 aliphatic rings. The fourth-order valence-electron chi connectivity index (χ4n) is 3.82. The molecule has 2 fully saturated rings. The summed E-state index contributed by atoms with van der Waals surface area (Å²) in [6, 6.07) is 1.81. The zero-order valence-corrected chi connectivity index (χ0v) is 18.5. The summed E-state index contributed by atoms with van der Waals surface area (Å²) in [7, 11) is 0. The van der Waals surface area contributed by atoms with Crippen molar-refractivity contribution in [1.82, 2.24) is 25.1 Å². The molecule has 3 rings (SSSR count). The monoisotopic (exact) mass is 401 g/mol. The van der Waals surface area contributed by atoms with E-state index in [-0.39, 0.29) is 16.9 Å². The molecular formula is C21H35N7O. The largest absolute Gasteiger partial charge is 0.356 e. The van der Waals surface area contributed by atoms with Gasteiger partial charge in [0.1, 0.15) is 0 Å². The van der Waals surface area contributed by atoms with Gasteiger partial charge in [-0.1, -0.05) is 13.8 Å². The summed E-state index contributed by atoms with van der Waals surface area (Å²) in [6.45, 7) is 16.4. The third-order valence-electron chi connectivity index (χ3n) is 6.53. The molecule has 1 N–H and O–H groups in total. The van der Waals surface area contributed by atoms with Crippen LogP contribution in [0.5, 0.6) is 0 Å². The van der Waals surface area contributed by atoms with Crippen LogP contribution in [0.1, 0.15) is 41.0 Å². The Morgan fingerprint density at radius 2 is 1.79 bits per heavy atom. The van der Waals surface area contributed by atoms with Crippen molar-refractivity contribution in [3.05, 3.63) is 18.5 Å². The number of guanidine groups is 1. The number of hydrogen-bond acceptors (Lipinski definition) is 5. The molecule has 1 amide bonds. The standard InChI is InChI=1S/C21H35N7O/c1-6-22-19(28-16-20(2,3)21(28,4)5)25-11-8-17(29)26-12-14-27(15-13-26)18-23-9-7-10-24-18/h7,9-10H,6,8,11-16H2,1-5H3,(H,22,25). The molecule has 2 saturated heterocycles. The molecule has 160 valence electrons. The Labute approximate surface area is 174 Å². The number of nitrogens with one attached hydrogen (secondary N) is 1. The Morgan fingerprint density at radius 3 is 2.34 bits per heavy atom. The lowest BCUT2D eigenvalue weighted by Crippen LogP contribution is -2.72. The van der Waals surface area contributed by atoms with E-state index in [2.05, 4.69) is 59.7 Å². The fraction of sp³-hybridized carbons (Fsp3) is 0.714. The van der Waals surface area contributed by atoms with Gasteiger partial charge in [-0.2, -0.15) is 0 Å². The molecule has 2 aliphatic heterocycles. The predicted molar refractivity (Wildman–Crippen MR) is 116 cm³/mol. The highest BCUT2D eigenvalue weighted by Crippen LogP contribution is 2.46. The molecule has 0 saturated carbocycles. The third-order valence-corrected chi connectivity index (χ3v) is 6.53. The fourth-order valence-corrected chi connectivity index (χ4v) is 3.82. The number of likely N-dealkylation sites (tertiary alicyclic amines) is 1. The van der Waals surface area contributed by atoms with Crippen LogP contribution in [-0.4, -0.2) is 83.0 Å². The van der Waals surface area contributed by atoms with Gasteiger partial charge in [0.2, 0.25) is 11.9 Å². The van der Waals surface area contributed by atoms with Crippen LogP contribution >= 0.6 is 0 Å². The summed E-state index contributed by atoms with van der Waals surface area (Å²) in [5, 5.41) is 3.39. The summed E-state index contributed by atoms with van der Waals surface area (Å²) in [6.07, 6.45) is 3.94. The highest BCUT2D eigenvalue weighted by Gasteiger charge is 2.53. The van der Waals surface area contributed by atoms with Gasteiger partial charge < -0.3 is 20.0 Å². The van der Waals surface area contributed by atoms with Crippen LogP contribution in [0, 0.1) is 5.41 Å². The molecule has 0 aromatic carbocycles. The number of nitrogens with zero attached hydrogens (tertiary/aromatic N) is 6. The zero-order valence-electron chi connectivity index (χ0n) is 18.5. The highest BCUT2D eigenvalue weighted by atomic mass is 16.2. The number of amides is 1. The van der Waals surface area contributed by atoms with E-state index in [0.29, 0.717) is 26.1 Å². The summed E-state index contributed by atoms with van der Waals surface area (Å²) in [4.78, 5) is 32.3. The molecule has 0 atom stereocenters. The average Bonchev–Trinajstić information content (AvgIpc) is 2.72. The first-order valence-corrected chi connectivity index (χ1v) is 10.6. The van der Waals surface area contributed by atoms with Crippen LogP contribution in [0.25, 0.3) is 0 Å². The second kappa shape index (κ2) is 8.55. The number of carbonyl (C=O) groups is 1. The second-order valence-corrected chi connectivity index (χ2v) is 8.93. The molecule has 0 spiro atoms. The smallest absolute Gasteiger partial charge is 0.225 e. The average molecular weight is 402 g/mol. The van der Waals surface area contributed by atoms with Gasteiger partial charge in [-0.15, -0.1) is 0 Å². The van der Waals surface area contributed by atoms with Crippen molar-refractivity contribution in [3.63, 3.8) is 0 Å². The number of aliphatic imine (C=N–C) groups is 1. The maximum Gasteiger partial charge on any atom is 0.225 e. The van der Waals surface area contributed by atoms with Crippen LogP contribution < -0.4 is 10.2 Å². The Bertz CT molecular complexity index is 724. The Balaban J connectivity index is 1.49. The lowest BCUT2D eigenvalue weighted by Gasteiger charge is -2.62. The topological polar surface area (TPSA) is 77.0 Å². The van der Waals surface area contributed by atoms with Crippen LogP contribution in [0.3, 0.4) is 0 Å². The molecule has 0 bridgehead atoms. The van der Waals surface area contributed by atoms with E-state index in [1.165, 1.54) is 0 Å². The van der Waals surface area contributed by atoms with Gasteiger partial charge in [-0.3, -0.25) is 9.79 Å². The lowest BCUT2D eigenvalue weighted by atomic mass is 9.65. The quantitative estimate of drug-likeness (QED) is 0.597. The maximum atomic E-state index is 12.6. The Hall–Kier alpha value is -2.38. The summed E-state index contributed by atoms with van der Waals surface area (Å²) in [5.74, 6) is 1.82. The maximum absolute atomic E-state index is 12.6. The van der Waals surface area contributed by atoms with Gasteiger partial charge in [-0.05, 0) is 26.8 Å². The SMILES string of the molecule is CCNC(=NCCC(=O)N1CCN(c2ncccn2)CC1)N1CC(C)(C)C1(C)C. The first-order valence-electron chi connectivity index (χ1n) is 10.6. The van der Waals surface area contributed by atoms with E-state index < -0.39 is 0 Å². The van der Waals surface area contributed by atoms with E-state index in [1.54, 1.807) is 12.4 Å². The molecular weight excluding hydrogens is 366 g/mol. The first-order chi connectivity index (χ1) is 13.8. The van der Waals surface area contributed by atoms with Crippen LogP contribution in [0.4, 0.5) is 5.95 Å². The molecule has 0 unspecified atom stereocenters. The molecule has 0 radical (unpaired) electrons. The lowest BCUT2D eigenvalue weighted by molar-refractivity contribution is -0.131. The predicted octanol–water partition coefficient (Wildman–Crippen LogP) is 1.60. The van der Waals surface area contributed by atoms with Crippen LogP contribution in [0.15, 0.2) is 23.5 Å². The second-order valence-electron chi connectivity index (χ2n) is 8.93. The molecule has 1 aromatic heterocycles. The van der Waals surface area contributed by atoms with Gasteiger partial charge >= 0.3 is 0 Å². The molecule has 3 heterocycles. The summed E-state index contributed by atoms with van der Waals surface area (Å²) < 4.78 is 0. The van der Waals surface area contributed by atoms with E-state index >= 15 is 0 Å². The van der Waals surface area contributed by atoms with Gasteiger partial charge in [0, 0.05) is 69.0 Å². The van der Waals surface area contributed by atoms with Crippen LogP contribution in [-0.2, 0) is 4.79 Å². The minimum absolute atomic E-state index is 0.0495. The van der Waals surface area contributed by atoms with Crippen molar-refractivity contribution in [2.45, 2.75) is 46.6 Å². The number of anilines is 1. The molecule has 29 heavy (non-hydrogen) atoms. The summed E-state index contributed by atoms with van der Waals surface area (Å²) >= 11 is 0. The third kappa shape index (κ3) is 4.46. The van der Waals surface area contributed by atoms with Crippen LogP contribution in [0.2, 0.25) is 0 Å². The normalized spacial score (nSPS) is 21.0.